The molecule has 4 rings (SSSR count). The zero-order chi connectivity index (χ0) is 19.2. The maximum Gasteiger partial charge on any atom is 0.265 e. The first-order chi connectivity index (χ1) is 12.9. The summed E-state index contributed by atoms with van der Waals surface area (Å²) in [6, 6.07) is 19.9. The minimum Gasteiger partial charge on any atom is -0.308 e. The molecule has 0 unspecified atom stereocenters. The zero-order valence-electron chi connectivity index (χ0n) is 15.2. The number of benzene rings is 3. The first-order valence-corrected chi connectivity index (χ1v) is 10.3. The zero-order valence-corrected chi connectivity index (χ0v) is 16.0. The van der Waals surface area contributed by atoms with Crippen molar-refractivity contribution in [1.82, 2.24) is 0 Å². The second-order valence-electron chi connectivity index (χ2n) is 6.84. The Labute approximate surface area is 158 Å². The van der Waals surface area contributed by atoms with Crippen molar-refractivity contribution in [3.05, 3.63) is 66.7 Å². The molecule has 0 aliphatic carbocycles. The summed E-state index contributed by atoms with van der Waals surface area (Å²) in [5, 5.41) is 1.54. The highest BCUT2D eigenvalue weighted by Gasteiger charge is 2.37. The third kappa shape index (κ3) is 2.77. The van der Waals surface area contributed by atoms with Gasteiger partial charge in [-0.2, -0.15) is 0 Å². The summed E-state index contributed by atoms with van der Waals surface area (Å²) in [5.74, 6) is -0.260. The third-order valence-electron chi connectivity index (χ3n) is 4.78. The molecule has 3 aromatic carbocycles. The lowest BCUT2D eigenvalue weighted by Crippen LogP contribution is -2.45. The van der Waals surface area contributed by atoms with Gasteiger partial charge in [0.25, 0.3) is 10.0 Å². The summed E-state index contributed by atoms with van der Waals surface area (Å²) >= 11 is 0. The molecule has 0 fully saturated rings. The van der Waals surface area contributed by atoms with Gasteiger partial charge in [0.2, 0.25) is 5.91 Å². The van der Waals surface area contributed by atoms with Crippen LogP contribution in [0.2, 0.25) is 0 Å². The van der Waals surface area contributed by atoms with Crippen LogP contribution in [-0.2, 0) is 14.8 Å². The summed E-state index contributed by atoms with van der Waals surface area (Å²) in [5.41, 5.74) is 1.32. The molecular formula is C21H20N2O3S. The lowest BCUT2D eigenvalue weighted by molar-refractivity contribution is -0.117. The average molecular weight is 380 g/mol. The van der Waals surface area contributed by atoms with Crippen LogP contribution in [0.15, 0.2) is 71.6 Å². The number of hydrogen-bond acceptors (Lipinski definition) is 3. The molecule has 0 N–H and O–H groups in total. The Morgan fingerprint density at radius 2 is 1.63 bits per heavy atom. The summed E-state index contributed by atoms with van der Waals surface area (Å²) < 4.78 is 27.4. The topological polar surface area (TPSA) is 57.7 Å². The van der Waals surface area contributed by atoms with Gasteiger partial charge in [0.1, 0.15) is 6.54 Å². The molecule has 1 amide bonds. The molecule has 0 aromatic heterocycles. The van der Waals surface area contributed by atoms with E-state index in [4.69, 9.17) is 0 Å². The Bertz CT molecular complexity index is 1120. The number of sulfonamides is 1. The van der Waals surface area contributed by atoms with Crippen LogP contribution in [-0.4, -0.2) is 26.9 Å². The average Bonchev–Trinajstić information content (AvgIpc) is 2.86. The number of carbonyl (C=O) groups is 1. The Morgan fingerprint density at radius 1 is 0.963 bits per heavy atom. The van der Waals surface area contributed by atoms with E-state index < -0.39 is 10.0 Å². The number of hydrogen-bond donors (Lipinski definition) is 0. The van der Waals surface area contributed by atoms with Crippen LogP contribution in [0.5, 0.6) is 0 Å². The molecular weight excluding hydrogens is 360 g/mol. The normalized spacial score (nSPS) is 14.7. The number of rotatable bonds is 4. The Balaban J connectivity index is 1.75. The van der Waals surface area contributed by atoms with Gasteiger partial charge in [-0.1, -0.05) is 42.5 Å². The SMILES string of the molecule is CC(C)N(C(=O)CN1c2cccc3cccc(c23)S1(=O)=O)c1ccccc1. The van der Waals surface area contributed by atoms with E-state index in [1.807, 2.05) is 62.4 Å². The highest BCUT2D eigenvalue weighted by atomic mass is 32.2. The van der Waals surface area contributed by atoms with E-state index in [-0.39, 0.29) is 23.4 Å². The summed E-state index contributed by atoms with van der Waals surface area (Å²) in [4.78, 5) is 15.0. The van der Waals surface area contributed by atoms with Gasteiger partial charge in [0, 0.05) is 17.1 Å². The van der Waals surface area contributed by atoms with Crippen LogP contribution in [0.3, 0.4) is 0 Å². The molecule has 138 valence electrons. The van der Waals surface area contributed by atoms with Crippen LogP contribution >= 0.6 is 0 Å². The Morgan fingerprint density at radius 3 is 2.30 bits per heavy atom. The third-order valence-corrected chi connectivity index (χ3v) is 6.58. The molecule has 0 spiro atoms. The van der Waals surface area contributed by atoms with Crippen LogP contribution in [0.25, 0.3) is 10.8 Å². The van der Waals surface area contributed by atoms with E-state index in [9.17, 15) is 13.2 Å². The fraction of sp³-hybridized carbons (Fsp3) is 0.190. The van der Waals surface area contributed by atoms with E-state index in [0.717, 1.165) is 11.1 Å². The predicted molar refractivity (Wildman–Crippen MR) is 108 cm³/mol. The molecule has 5 nitrogen and oxygen atoms in total. The number of amides is 1. The highest BCUT2D eigenvalue weighted by molar-refractivity contribution is 7.93. The van der Waals surface area contributed by atoms with Gasteiger partial charge in [0.15, 0.2) is 0 Å². The molecule has 3 aromatic rings. The monoisotopic (exact) mass is 380 g/mol. The van der Waals surface area contributed by atoms with Crippen molar-refractivity contribution in [2.75, 3.05) is 15.7 Å². The van der Waals surface area contributed by atoms with Gasteiger partial charge in [-0.3, -0.25) is 9.10 Å². The van der Waals surface area contributed by atoms with Gasteiger partial charge in [-0.05, 0) is 43.5 Å². The molecule has 6 heteroatoms. The smallest absolute Gasteiger partial charge is 0.265 e. The second kappa shape index (κ2) is 6.39. The first kappa shape index (κ1) is 17.5. The molecule has 1 aliphatic heterocycles. The van der Waals surface area contributed by atoms with Gasteiger partial charge in [-0.15, -0.1) is 0 Å². The standard InChI is InChI=1S/C21H20N2O3S/c1-15(2)23(17-10-4-3-5-11-17)20(24)14-22-18-12-6-8-16-9-7-13-19(21(16)18)27(22,25)26/h3-13,15H,14H2,1-2H3. The number of carbonyl (C=O) groups excluding carboxylic acids is 1. The highest BCUT2D eigenvalue weighted by Crippen LogP contribution is 2.41. The molecule has 0 saturated carbocycles. The number of para-hydroxylation sites is 1. The number of nitrogens with zero attached hydrogens (tertiary/aromatic N) is 2. The minimum absolute atomic E-state index is 0.0941. The molecule has 0 radical (unpaired) electrons. The molecule has 0 atom stereocenters. The van der Waals surface area contributed by atoms with Gasteiger partial charge in [-0.25, -0.2) is 8.42 Å². The van der Waals surface area contributed by atoms with E-state index in [2.05, 4.69) is 0 Å². The van der Waals surface area contributed by atoms with Gasteiger partial charge < -0.3 is 4.90 Å². The first-order valence-electron chi connectivity index (χ1n) is 8.83. The maximum absolute atomic E-state index is 13.1. The lowest BCUT2D eigenvalue weighted by Gasteiger charge is -2.29. The molecule has 0 saturated heterocycles. The predicted octanol–water partition coefficient (Wildman–Crippen LogP) is 3.79. The van der Waals surface area contributed by atoms with Gasteiger partial charge in [0.05, 0.1) is 10.6 Å². The van der Waals surface area contributed by atoms with E-state index in [0.29, 0.717) is 11.1 Å². The van der Waals surface area contributed by atoms with Crippen molar-refractivity contribution < 1.29 is 13.2 Å². The van der Waals surface area contributed by atoms with Crippen molar-refractivity contribution in [3.63, 3.8) is 0 Å². The summed E-state index contributed by atoms with van der Waals surface area (Å²) in [6.07, 6.45) is 0. The van der Waals surface area contributed by atoms with E-state index in [1.54, 1.807) is 23.1 Å². The van der Waals surface area contributed by atoms with Crippen molar-refractivity contribution in [2.45, 2.75) is 24.8 Å². The van der Waals surface area contributed by atoms with E-state index in [1.165, 1.54) is 4.31 Å². The molecule has 1 heterocycles. The fourth-order valence-electron chi connectivity index (χ4n) is 3.65. The largest absolute Gasteiger partial charge is 0.308 e. The van der Waals surface area contributed by atoms with Gasteiger partial charge >= 0.3 is 0 Å². The van der Waals surface area contributed by atoms with Crippen molar-refractivity contribution in [3.8, 4) is 0 Å². The summed E-state index contributed by atoms with van der Waals surface area (Å²) in [6.45, 7) is 3.60. The lowest BCUT2D eigenvalue weighted by atomic mass is 10.1. The van der Waals surface area contributed by atoms with Crippen molar-refractivity contribution in [1.29, 1.82) is 0 Å². The number of anilines is 2. The van der Waals surface area contributed by atoms with Crippen LogP contribution < -0.4 is 9.21 Å². The van der Waals surface area contributed by atoms with Crippen LogP contribution in [0.1, 0.15) is 13.8 Å². The summed E-state index contributed by atoms with van der Waals surface area (Å²) in [7, 11) is -3.75. The van der Waals surface area contributed by atoms with Crippen molar-refractivity contribution in [2.24, 2.45) is 0 Å². The van der Waals surface area contributed by atoms with Crippen LogP contribution in [0, 0.1) is 0 Å². The molecule has 1 aliphatic rings. The Kier molecular flexibility index (Phi) is 4.15. The maximum atomic E-state index is 13.1. The fourth-order valence-corrected chi connectivity index (χ4v) is 5.31. The molecule has 0 bridgehead atoms. The van der Waals surface area contributed by atoms with Crippen molar-refractivity contribution >= 4 is 38.1 Å². The quantitative estimate of drug-likeness (QED) is 0.692. The molecule has 27 heavy (non-hydrogen) atoms. The van der Waals surface area contributed by atoms with Crippen LogP contribution in [0.4, 0.5) is 11.4 Å². The van der Waals surface area contributed by atoms with E-state index >= 15 is 0 Å². The minimum atomic E-state index is -3.75. The second-order valence-corrected chi connectivity index (χ2v) is 8.67. The Hall–Kier alpha value is -2.86.